The van der Waals surface area contributed by atoms with E-state index in [1.54, 1.807) is 35.2 Å². The van der Waals surface area contributed by atoms with Crippen LogP contribution in [0, 0.1) is 0 Å². The van der Waals surface area contributed by atoms with Crippen molar-refractivity contribution >= 4 is 68.1 Å². The number of carbonyl (C=O) groups is 2. The smallest absolute Gasteiger partial charge is 0.293 e. The van der Waals surface area contributed by atoms with Gasteiger partial charge in [0.15, 0.2) is 16.6 Å². The first kappa shape index (κ1) is 26.0. The van der Waals surface area contributed by atoms with E-state index in [2.05, 4.69) is 31.5 Å². The Morgan fingerprint density at radius 1 is 0.947 bits per heavy atom. The number of rotatable bonds is 5. The van der Waals surface area contributed by atoms with Crippen LogP contribution in [0.15, 0.2) is 86.3 Å². The summed E-state index contributed by atoms with van der Waals surface area (Å²) in [5.41, 5.74) is 2.34. The molecule has 2 amide bonds. The number of halogens is 2. The van der Waals surface area contributed by atoms with E-state index < -0.39 is 5.91 Å². The fraction of sp³-hybridized carbons (Fsp3) is 0.148. The number of hydrogen-bond acceptors (Lipinski definition) is 6. The molecule has 3 heterocycles. The Labute approximate surface area is 237 Å². The van der Waals surface area contributed by atoms with E-state index in [4.69, 9.17) is 32.7 Å². The third-order valence-corrected chi connectivity index (χ3v) is 7.07. The normalized spacial score (nSPS) is 13.3. The molecule has 4 aromatic rings. The molecule has 11 heteroatoms. The van der Waals surface area contributed by atoms with Crippen LogP contribution in [0.1, 0.15) is 21.1 Å². The Morgan fingerprint density at radius 3 is 2.39 bits per heavy atom. The molecule has 194 valence electrons. The van der Waals surface area contributed by atoms with Crippen LogP contribution in [0.5, 0.6) is 0 Å². The molecule has 1 aliphatic rings. The summed E-state index contributed by atoms with van der Waals surface area (Å²) in [7, 11) is 0. The van der Waals surface area contributed by atoms with Gasteiger partial charge in [0.25, 0.3) is 11.8 Å². The van der Waals surface area contributed by atoms with E-state index in [1.165, 1.54) is 6.26 Å². The lowest BCUT2D eigenvalue weighted by Crippen LogP contribution is -2.48. The molecule has 1 saturated heterocycles. The Kier molecular flexibility index (Phi) is 7.82. The Bertz CT molecular complexity index is 1460. The number of furan rings is 2. The minimum Gasteiger partial charge on any atom is -0.459 e. The average molecular weight is 614 g/mol. The zero-order valence-electron chi connectivity index (χ0n) is 19.9. The first-order valence-corrected chi connectivity index (χ1v) is 13.3. The van der Waals surface area contributed by atoms with Gasteiger partial charge in [-0.15, -0.1) is 0 Å². The fourth-order valence-electron chi connectivity index (χ4n) is 4.10. The third-order valence-electron chi connectivity index (χ3n) is 6.03. The summed E-state index contributed by atoms with van der Waals surface area (Å²) in [6.45, 7) is 2.39. The lowest BCUT2D eigenvalue weighted by molar-refractivity contribution is 0.0714. The molecule has 2 aromatic carbocycles. The van der Waals surface area contributed by atoms with Crippen molar-refractivity contribution in [2.24, 2.45) is 0 Å². The summed E-state index contributed by atoms with van der Waals surface area (Å²) in [5, 5.41) is 6.25. The molecule has 0 atom stereocenters. The van der Waals surface area contributed by atoms with Crippen molar-refractivity contribution in [1.82, 2.24) is 10.2 Å². The van der Waals surface area contributed by atoms with Gasteiger partial charge in [0.1, 0.15) is 5.76 Å². The maximum absolute atomic E-state index is 12.6. The molecule has 1 fully saturated rings. The van der Waals surface area contributed by atoms with Gasteiger partial charge in [0.05, 0.1) is 17.0 Å². The average Bonchev–Trinajstić information content (AvgIpc) is 3.62. The van der Waals surface area contributed by atoms with Gasteiger partial charge in [-0.3, -0.25) is 14.9 Å². The SMILES string of the molecule is O=C(NC(=S)Nc1ccc(N2CCN(C(=O)c3ccco3)CC2)c(Cl)c1)c1ccc(-c2ccc(Br)cc2)o1. The highest BCUT2D eigenvalue weighted by Crippen LogP contribution is 2.30. The van der Waals surface area contributed by atoms with Crippen molar-refractivity contribution in [1.29, 1.82) is 0 Å². The number of thiocarbonyl (C=S) groups is 1. The van der Waals surface area contributed by atoms with Crippen molar-refractivity contribution < 1.29 is 18.4 Å². The van der Waals surface area contributed by atoms with E-state index in [0.29, 0.717) is 48.4 Å². The van der Waals surface area contributed by atoms with Crippen molar-refractivity contribution in [2.45, 2.75) is 0 Å². The summed E-state index contributed by atoms with van der Waals surface area (Å²) in [6, 6.07) is 19.8. The largest absolute Gasteiger partial charge is 0.459 e. The molecule has 1 aliphatic heterocycles. The van der Waals surface area contributed by atoms with Gasteiger partial charge in [-0.2, -0.15) is 0 Å². The van der Waals surface area contributed by atoms with Gasteiger partial charge in [-0.25, -0.2) is 0 Å². The minimum absolute atomic E-state index is 0.116. The van der Waals surface area contributed by atoms with Gasteiger partial charge in [-0.05, 0) is 66.8 Å². The maximum Gasteiger partial charge on any atom is 0.293 e. The molecule has 0 bridgehead atoms. The summed E-state index contributed by atoms with van der Waals surface area (Å²) < 4.78 is 11.9. The molecule has 38 heavy (non-hydrogen) atoms. The second-order valence-corrected chi connectivity index (χ2v) is 10.2. The molecule has 2 N–H and O–H groups in total. The van der Waals surface area contributed by atoms with E-state index in [1.807, 2.05) is 36.4 Å². The van der Waals surface area contributed by atoms with Crippen LogP contribution in [0.4, 0.5) is 11.4 Å². The lowest BCUT2D eigenvalue weighted by atomic mass is 10.2. The molecular formula is C27H22BrClN4O4S. The Balaban J connectivity index is 1.15. The second-order valence-electron chi connectivity index (χ2n) is 8.50. The van der Waals surface area contributed by atoms with Crippen LogP contribution in [0.25, 0.3) is 11.3 Å². The van der Waals surface area contributed by atoms with Crippen molar-refractivity contribution in [3.8, 4) is 11.3 Å². The fourth-order valence-corrected chi connectivity index (χ4v) is 4.88. The number of nitrogens with one attached hydrogen (secondary N) is 2. The van der Waals surface area contributed by atoms with Crippen LogP contribution in [0.3, 0.4) is 0 Å². The van der Waals surface area contributed by atoms with E-state index in [9.17, 15) is 9.59 Å². The van der Waals surface area contributed by atoms with Gasteiger partial charge >= 0.3 is 0 Å². The molecule has 8 nitrogen and oxygen atoms in total. The molecule has 0 spiro atoms. The number of hydrogen-bond donors (Lipinski definition) is 2. The number of carbonyl (C=O) groups excluding carboxylic acids is 2. The van der Waals surface area contributed by atoms with Crippen molar-refractivity contribution in [3.63, 3.8) is 0 Å². The molecule has 0 aliphatic carbocycles. The molecular weight excluding hydrogens is 592 g/mol. The van der Waals surface area contributed by atoms with E-state index >= 15 is 0 Å². The van der Waals surface area contributed by atoms with Crippen LogP contribution >= 0.6 is 39.7 Å². The van der Waals surface area contributed by atoms with Crippen LogP contribution in [-0.4, -0.2) is 48.0 Å². The first-order valence-electron chi connectivity index (χ1n) is 11.7. The maximum atomic E-state index is 12.6. The first-order chi connectivity index (χ1) is 18.4. The predicted octanol–water partition coefficient (Wildman–Crippen LogP) is 6.04. The quantitative estimate of drug-likeness (QED) is 0.265. The summed E-state index contributed by atoms with van der Waals surface area (Å²) in [5.74, 6) is 0.484. The summed E-state index contributed by atoms with van der Waals surface area (Å²) >= 11 is 15.3. The molecule has 5 rings (SSSR count). The summed E-state index contributed by atoms with van der Waals surface area (Å²) in [4.78, 5) is 29.0. The highest BCUT2D eigenvalue weighted by Gasteiger charge is 2.25. The zero-order valence-corrected chi connectivity index (χ0v) is 23.1. The minimum atomic E-state index is -0.462. The number of piperazine rings is 1. The number of benzene rings is 2. The standard InChI is InChI=1S/C27H22BrClN4O4S/c28-18-5-3-17(4-6-18)22-9-10-23(37-22)25(34)31-27(38)30-19-7-8-21(20(29)16-19)32-11-13-33(14-12-32)26(35)24-2-1-15-36-24/h1-10,15-16H,11-14H2,(H2,30,31,34,38). The lowest BCUT2D eigenvalue weighted by Gasteiger charge is -2.36. The van der Waals surface area contributed by atoms with Crippen LogP contribution in [0.2, 0.25) is 5.02 Å². The molecule has 0 saturated carbocycles. The van der Waals surface area contributed by atoms with Gasteiger partial charge < -0.3 is 24.0 Å². The van der Waals surface area contributed by atoms with Gasteiger partial charge in [-0.1, -0.05) is 39.7 Å². The molecule has 0 unspecified atom stereocenters. The highest BCUT2D eigenvalue weighted by atomic mass is 79.9. The molecule has 0 radical (unpaired) electrons. The van der Waals surface area contributed by atoms with E-state index in [-0.39, 0.29) is 16.8 Å². The monoisotopic (exact) mass is 612 g/mol. The third kappa shape index (κ3) is 5.93. The number of nitrogens with zero attached hydrogens (tertiary/aromatic N) is 2. The predicted molar refractivity (Wildman–Crippen MR) is 154 cm³/mol. The zero-order chi connectivity index (χ0) is 26.6. The Hall–Kier alpha value is -3.60. The number of anilines is 2. The second kappa shape index (κ2) is 11.4. The highest BCUT2D eigenvalue weighted by molar-refractivity contribution is 9.10. The van der Waals surface area contributed by atoms with Crippen molar-refractivity contribution in [3.05, 3.63) is 94.0 Å². The van der Waals surface area contributed by atoms with Gasteiger partial charge in [0.2, 0.25) is 0 Å². The van der Waals surface area contributed by atoms with Gasteiger partial charge in [0, 0.05) is 41.9 Å². The van der Waals surface area contributed by atoms with Crippen LogP contribution < -0.4 is 15.5 Å². The van der Waals surface area contributed by atoms with E-state index in [0.717, 1.165) is 15.7 Å². The summed E-state index contributed by atoms with van der Waals surface area (Å²) in [6.07, 6.45) is 1.49. The van der Waals surface area contributed by atoms with Crippen molar-refractivity contribution in [2.75, 3.05) is 36.4 Å². The molecule has 2 aromatic heterocycles. The van der Waals surface area contributed by atoms with Crippen LogP contribution in [-0.2, 0) is 0 Å². The topological polar surface area (TPSA) is 91.0 Å². The number of amides is 2. The Morgan fingerprint density at radius 2 is 1.71 bits per heavy atom.